The SMILES string of the molecule is CC(C)C1CNCCN1C1CC=CCC1. The first-order valence-electron chi connectivity index (χ1n) is 6.40. The maximum absolute atomic E-state index is 3.53. The average molecular weight is 208 g/mol. The summed E-state index contributed by atoms with van der Waals surface area (Å²) in [7, 11) is 0. The number of piperazine rings is 1. The van der Waals surface area contributed by atoms with Gasteiger partial charge in [0.1, 0.15) is 0 Å². The standard InChI is InChI=1S/C13H24N2/c1-11(2)13-10-14-8-9-15(13)12-6-4-3-5-7-12/h3-4,11-14H,5-10H2,1-2H3. The van der Waals surface area contributed by atoms with Crippen molar-refractivity contribution in [2.75, 3.05) is 19.6 Å². The Morgan fingerprint density at radius 3 is 2.87 bits per heavy atom. The summed E-state index contributed by atoms with van der Waals surface area (Å²) in [6.07, 6.45) is 8.61. The summed E-state index contributed by atoms with van der Waals surface area (Å²) in [5, 5.41) is 3.53. The molecular weight excluding hydrogens is 184 g/mol. The van der Waals surface area contributed by atoms with Crippen LogP contribution in [0.5, 0.6) is 0 Å². The fourth-order valence-electron chi connectivity index (χ4n) is 2.89. The van der Waals surface area contributed by atoms with Crippen molar-refractivity contribution in [1.29, 1.82) is 0 Å². The molecule has 2 rings (SSSR count). The predicted molar refractivity (Wildman–Crippen MR) is 65.0 cm³/mol. The first-order valence-corrected chi connectivity index (χ1v) is 6.40. The van der Waals surface area contributed by atoms with E-state index >= 15 is 0 Å². The van der Waals surface area contributed by atoms with E-state index in [4.69, 9.17) is 0 Å². The van der Waals surface area contributed by atoms with E-state index in [0.717, 1.165) is 18.0 Å². The molecule has 1 aliphatic carbocycles. The summed E-state index contributed by atoms with van der Waals surface area (Å²) in [5.41, 5.74) is 0. The molecule has 1 saturated heterocycles. The van der Waals surface area contributed by atoms with Crippen LogP contribution < -0.4 is 5.32 Å². The molecule has 2 aliphatic rings. The van der Waals surface area contributed by atoms with Gasteiger partial charge in [-0.2, -0.15) is 0 Å². The van der Waals surface area contributed by atoms with E-state index in [1.165, 1.54) is 38.9 Å². The van der Waals surface area contributed by atoms with Gasteiger partial charge in [-0.3, -0.25) is 4.90 Å². The van der Waals surface area contributed by atoms with Crippen molar-refractivity contribution in [1.82, 2.24) is 10.2 Å². The quantitative estimate of drug-likeness (QED) is 0.699. The largest absolute Gasteiger partial charge is 0.314 e. The summed E-state index contributed by atoms with van der Waals surface area (Å²) in [6.45, 7) is 8.29. The van der Waals surface area contributed by atoms with Gasteiger partial charge in [-0.1, -0.05) is 26.0 Å². The summed E-state index contributed by atoms with van der Waals surface area (Å²) < 4.78 is 0. The van der Waals surface area contributed by atoms with Gasteiger partial charge in [0.2, 0.25) is 0 Å². The van der Waals surface area contributed by atoms with Gasteiger partial charge in [-0.15, -0.1) is 0 Å². The monoisotopic (exact) mass is 208 g/mol. The molecule has 1 N–H and O–H groups in total. The van der Waals surface area contributed by atoms with Crippen LogP contribution in [0.3, 0.4) is 0 Å². The molecule has 0 amide bonds. The first kappa shape index (κ1) is 11.2. The van der Waals surface area contributed by atoms with E-state index in [-0.39, 0.29) is 0 Å². The normalized spacial score (nSPS) is 33.5. The van der Waals surface area contributed by atoms with Crippen molar-refractivity contribution in [3.05, 3.63) is 12.2 Å². The van der Waals surface area contributed by atoms with Crippen molar-refractivity contribution in [2.45, 2.75) is 45.2 Å². The number of nitrogens with zero attached hydrogens (tertiary/aromatic N) is 1. The van der Waals surface area contributed by atoms with Crippen molar-refractivity contribution in [3.63, 3.8) is 0 Å². The van der Waals surface area contributed by atoms with Gasteiger partial charge < -0.3 is 5.32 Å². The molecule has 86 valence electrons. The Morgan fingerprint density at radius 1 is 1.33 bits per heavy atom. The lowest BCUT2D eigenvalue weighted by Crippen LogP contribution is -2.57. The van der Waals surface area contributed by atoms with E-state index in [9.17, 15) is 0 Å². The van der Waals surface area contributed by atoms with Gasteiger partial charge in [0.25, 0.3) is 0 Å². The van der Waals surface area contributed by atoms with Crippen molar-refractivity contribution < 1.29 is 0 Å². The molecule has 0 aromatic heterocycles. The van der Waals surface area contributed by atoms with E-state index in [1.807, 2.05) is 0 Å². The van der Waals surface area contributed by atoms with Crippen LogP contribution in [0.15, 0.2) is 12.2 Å². The van der Waals surface area contributed by atoms with Crippen LogP contribution in [0.25, 0.3) is 0 Å². The summed E-state index contributed by atoms with van der Waals surface area (Å²) >= 11 is 0. The fraction of sp³-hybridized carbons (Fsp3) is 0.846. The Hall–Kier alpha value is -0.340. The average Bonchev–Trinajstić information content (AvgIpc) is 2.30. The lowest BCUT2D eigenvalue weighted by Gasteiger charge is -2.44. The molecule has 2 atom stereocenters. The highest BCUT2D eigenvalue weighted by Gasteiger charge is 2.30. The third kappa shape index (κ3) is 2.61. The Labute approximate surface area is 93.7 Å². The zero-order valence-electron chi connectivity index (χ0n) is 10.1. The predicted octanol–water partition coefficient (Wildman–Crippen LogP) is 2.02. The number of rotatable bonds is 2. The van der Waals surface area contributed by atoms with Gasteiger partial charge in [-0.25, -0.2) is 0 Å². The minimum absolute atomic E-state index is 0.746. The molecule has 0 aromatic carbocycles. The summed E-state index contributed by atoms with van der Waals surface area (Å²) in [6, 6.07) is 1.56. The molecule has 1 aliphatic heterocycles. The molecule has 0 spiro atoms. The van der Waals surface area contributed by atoms with Gasteiger partial charge in [0.15, 0.2) is 0 Å². The highest BCUT2D eigenvalue weighted by Crippen LogP contribution is 2.23. The number of nitrogens with one attached hydrogen (secondary N) is 1. The molecule has 0 aromatic rings. The Morgan fingerprint density at radius 2 is 2.20 bits per heavy atom. The maximum atomic E-state index is 3.53. The Kier molecular flexibility index (Phi) is 3.81. The Balaban J connectivity index is 2.00. The molecule has 0 radical (unpaired) electrons. The van der Waals surface area contributed by atoms with Crippen LogP contribution in [-0.2, 0) is 0 Å². The summed E-state index contributed by atoms with van der Waals surface area (Å²) in [5.74, 6) is 0.767. The van der Waals surface area contributed by atoms with Gasteiger partial charge in [0, 0.05) is 31.7 Å². The molecule has 15 heavy (non-hydrogen) atoms. The highest BCUT2D eigenvalue weighted by molar-refractivity contribution is 4.97. The molecule has 2 nitrogen and oxygen atoms in total. The molecule has 1 heterocycles. The van der Waals surface area contributed by atoms with Crippen LogP contribution in [0.4, 0.5) is 0 Å². The lowest BCUT2D eigenvalue weighted by molar-refractivity contribution is 0.0720. The van der Waals surface area contributed by atoms with Crippen LogP contribution in [0.2, 0.25) is 0 Å². The number of hydrogen-bond donors (Lipinski definition) is 1. The molecular formula is C13H24N2. The fourth-order valence-corrected chi connectivity index (χ4v) is 2.89. The van der Waals surface area contributed by atoms with Crippen LogP contribution in [0.1, 0.15) is 33.1 Å². The van der Waals surface area contributed by atoms with Crippen LogP contribution >= 0.6 is 0 Å². The smallest absolute Gasteiger partial charge is 0.0247 e. The zero-order valence-corrected chi connectivity index (χ0v) is 10.1. The lowest BCUT2D eigenvalue weighted by atomic mass is 9.93. The Bertz CT molecular complexity index is 223. The van der Waals surface area contributed by atoms with Crippen molar-refractivity contribution >= 4 is 0 Å². The van der Waals surface area contributed by atoms with E-state index in [0.29, 0.717) is 0 Å². The van der Waals surface area contributed by atoms with Gasteiger partial charge in [-0.05, 0) is 25.2 Å². The number of hydrogen-bond acceptors (Lipinski definition) is 2. The molecule has 1 fully saturated rings. The molecule has 0 saturated carbocycles. The second-order valence-electron chi connectivity index (χ2n) is 5.19. The first-order chi connectivity index (χ1) is 7.29. The second kappa shape index (κ2) is 5.13. The third-order valence-electron chi connectivity index (χ3n) is 3.81. The molecule has 0 bridgehead atoms. The molecule has 2 unspecified atom stereocenters. The third-order valence-corrected chi connectivity index (χ3v) is 3.81. The number of allylic oxidation sites excluding steroid dienone is 1. The minimum atomic E-state index is 0.746. The second-order valence-corrected chi connectivity index (χ2v) is 5.19. The van der Waals surface area contributed by atoms with Gasteiger partial charge >= 0.3 is 0 Å². The minimum Gasteiger partial charge on any atom is -0.314 e. The van der Waals surface area contributed by atoms with Crippen LogP contribution in [0, 0.1) is 5.92 Å². The van der Waals surface area contributed by atoms with Crippen LogP contribution in [-0.4, -0.2) is 36.6 Å². The molecule has 2 heteroatoms. The van der Waals surface area contributed by atoms with Crippen molar-refractivity contribution in [2.24, 2.45) is 5.92 Å². The van der Waals surface area contributed by atoms with Crippen molar-refractivity contribution in [3.8, 4) is 0 Å². The summed E-state index contributed by atoms with van der Waals surface area (Å²) in [4.78, 5) is 2.75. The maximum Gasteiger partial charge on any atom is 0.0247 e. The topological polar surface area (TPSA) is 15.3 Å². The van der Waals surface area contributed by atoms with E-state index in [1.54, 1.807) is 0 Å². The van der Waals surface area contributed by atoms with E-state index in [2.05, 4.69) is 36.2 Å². The zero-order chi connectivity index (χ0) is 10.7. The van der Waals surface area contributed by atoms with E-state index < -0.39 is 0 Å². The highest BCUT2D eigenvalue weighted by atomic mass is 15.2. The van der Waals surface area contributed by atoms with Gasteiger partial charge in [0.05, 0.1) is 0 Å².